The van der Waals surface area contributed by atoms with Crippen molar-refractivity contribution >= 4 is 17.4 Å². The number of Topliss-reactive ketones (excluding diaryl/α,β-unsaturated/α-hetero) is 1. The number of nitriles is 1. The Morgan fingerprint density at radius 1 is 1.32 bits per heavy atom. The lowest BCUT2D eigenvalue weighted by Crippen LogP contribution is -2.16. The summed E-state index contributed by atoms with van der Waals surface area (Å²) in [7, 11) is 1.68. The highest BCUT2D eigenvalue weighted by atomic mass is 19.1. The summed E-state index contributed by atoms with van der Waals surface area (Å²) in [5, 5.41) is 11.4. The maximum Gasteiger partial charge on any atom is 0.272 e. The summed E-state index contributed by atoms with van der Waals surface area (Å²) < 4.78 is 14.9. The van der Waals surface area contributed by atoms with Gasteiger partial charge in [0.15, 0.2) is 5.78 Å². The molecule has 22 heavy (non-hydrogen) atoms. The van der Waals surface area contributed by atoms with Crippen molar-refractivity contribution in [2.75, 3.05) is 5.32 Å². The highest BCUT2D eigenvalue weighted by Crippen LogP contribution is 2.18. The van der Waals surface area contributed by atoms with E-state index in [4.69, 9.17) is 5.26 Å². The lowest BCUT2D eigenvalue weighted by atomic mass is 10.2. The predicted molar refractivity (Wildman–Crippen MR) is 79.2 cm³/mol. The molecule has 0 spiro atoms. The van der Waals surface area contributed by atoms with Crippen LogP contribution in [0.1, 0.15) is 39.0 Å². The number of hydrogen-bond acceptors (Lipinski definition) is 3. The normalized spacial score (nSPS) is 10.1. The van der Waals surface area contributed by atoms with E-state index in [0.717, 1.165) is 6.07 Å². The average Bonchev–Trinajstić information content (AvgIpc) is 2.77. The van der Waals surface area contributed by atoms with Gasteiger partial charge in [0.25, 0.3) is 5.91 Å². The molecule has 112 valence electrons. The summed E-state index contributed by atoms with van der Waals surface area (Å²) in [4.78, 5) is 23.8. The summed E-state index contributed by atoms with van der Waals surface area (Å²) in [6, 6.07) is 6.97. The molecule has 0 aliphatic carbocycles. The van der Waals surface area contributed by atoms with Crippen molar-refractivity contribution in [2.45, 2.75) is 13.8 Å². The number of anilines is 1. The molecule has 1 aromatic carbocycles. The van der Waals surface area contributed by atoms with Crippen molar-refractivity contribution in [3.05, 3.63) is 52.6 Å². The zero-order valence-corrected chi connectivity index (χ0v) is 12.4. The van der Waals surface area contributed by atoms with Gasteiger partial charge in [-0.25, -0.2) is 4.39 Å². The maximum absolute atomic E-state index is 13.3. The molecule has 0 unspecified atom stereocenters. The van der Waals surface area contributed by atoms with Gasteiger partial charge in [0, 0.05) is 24.0 Å². The number of benzene rings is 1. The third-order valence-electron chi connectivity index (χ3n) is 3.49. The quantitative estimate of drug-likeness (QED) is 0.885. The van der Waals surface area contributed by atoms with Crippen LogP contribution in [0.15, 0.2) is 24.3 Å². The Morgan fingerprint density at radius 3 is 2.55 bits per heavy atom. The second-order valence-corrected chi connectivity index (χ2v) is 4.90. The van der Waals surface area contributed by atoms with Crippen LogP contribution in [0.3, 0.4) is 0 Å². The Balaban J connectivity index is 2.32. The minimum Gasteiger partial charge on any atom is -0.343 e. The molecule has 1 heterocycles. The number of carbonyl (C=O) groups excluding carboxylic acids is 2. The monoisotopic (exact) mass is 299 g/mol. The number of hydrogen-bond donors (Lipinski definition) is 1. The number of rotatable bonds is 3. The van der Waals surface area contributed by atoms with Gasteiger partial charge in [-0.05, 0) is 38.1 Å². The molecule has 0 atom stereocenters. The van der Waals surface area contributed by atoms with Gasteiger partial charge >= 0.3 is 0 Å². The predicted octanol–water partition coefficient (Wildman–Crippen LogP) is 2.80. The molecular formula is C16H14FN3O2. The number of nitrogens with one attached hydrogen (secondary N) is 1. The lowest BCUT2D eigenvalue weighted by Gasteiger charge is -2.07. The Hall–Kier alpha value is -2.94. The first kappa shape index (κ1) is 15.4. The first-order chi connectivity index (χ1) is 10.3. The van der Waals surface area contributed by atoms with Crippen LogP contribution >= 0.6 is 0 Å². The number of carbonyl (C=O) groups is 2. The van der Waals surface area contributed by atoms with Crippen LogP contribution in [-0.4, -0.2) is 16.3 Å². The Bertz CT molecular complexity index is 816. The van der Waals surface area contributed by atoms with Gasteiger partial charge in [0.05, 0.1) is 5.56 Å². The Kier molecular flexibility index (Phi) is 4.08. The minimum absolute atomic E-state index is 0.124. The molecule has 2 aromatic rings. The zero-order chi connectivity index (χ0) is 16.4. The highest BCUT2D eigenvalue weighted by molar-refractivity contribution is 6.06. The molecular weight excluding hydrogens is 285 g/mol. The van der Waals surface area contributed by atoms with E-state index in [9.17, 15) is 14.0 Å². The van der Waals surface area contributed by atoms with Crippen LogP contribution in [0.2, 0.25) is 0 Å². The van der Waals surface area contributed by atoms with Crippen molar-refractivity contribution in [1.29, 1.82) is 5.26 Å². The minimum atomic E-state index is -0.644. The van der Waals surface area contributed by atoms with Crippen molar-refractivity contribution in [1.82, 2.24) is 4.57 Å². The van der Waals surface area contributed by atoms with Crippen molar-refractivity contribution in [3.63, 3.8) is 0 Å². The molecule has 1 N–H and O–H groups in total. The van der Waals surface area contributed by atoms with Crippen LogP contribution in [0, 0.1) is 24.1 Å². The molecule has 0 aliphatic rings. The third kappa shape index (κ3) is 2.74. The fraction of sp³-hybridized carbons (Fsp3) is 0.188. The smallest absolute Gasteiger partial charge is 0.272 e. The Morgan fingerprint density at radius 2 is 2.00 bits per heavy atom. The van der Waals surface area contributed by atoms with Crippen LogP contribution in [0.4, 0.5) is 10.1 Å². The zero-order valence-electron chi connectivity index (χ0n) is 12.4. The third-order valence-corrected chi connectivity index (χ3v) is 3.49. The highest BCUT2D eigenvalue weighted by Gasteiger charge is 2.18. The van der Waals surface area contributed by atoms with E-state index in [0.29, 0.717) is 22.6 Å². The summed E-state index contributed by atoms with van der Waals surface area (Å²) in [6.07, 6.45) is 0. The molecule has 0 fully saturated rings. The first-order valence-electron chi connectivity index (χ1n) is 6.53. The topological polar surface area (TPSA) is 74.9 Å². The molecule has 0 saturated heterocycles. The second-order valence-electron chi connectivity index (χ2n) is 4.90. The molecule has 0 radical (unpaired) electrons. The van der Waals surface area contributed by atoms with Gasteiger partial charge in [-0.15, -0.1) is 0 Å². The molecule has 0 bridgehead atoms. The summed E-state index contributed by atoms with van der Waals surface area (Å²) in [5.41, 5.74) is 1.64. The SMILES string of the molecule is CC(=O)c1cc(C(=O)Nc2ccc(F)c(C#N)c2)n(C)c1C. The molecule has 2 rings (SSSR count). The molecule has 1 amide bonds. The van der Waals surface area contributed by atoms with Gasteiger partial charge in [-0.1, -0.05) is 0 Å². The van der Waals surface area contributed by atoms with Gasteiger partial charge in [0.1, 0.15) is 17.6 Å². The van der Waals surface area contributed by atoms with Gasteiger partial charge in [-0.2, -0.15) is 5.26 Å². The Labute approximate surface area is 127 Å². The number of ketones is 1. The van der Waals surface area contributed by atoms with Gasteiger partial charge in [-0.3, -0.25) is 9.59 Å². The number of amides is 1. The van der Waals surface area contributed by atoms with E-state index in [-0.39, 0.29) is 11.3 Å². The maximum atomic E-state index is 13.3. The lowest BCUT2D eigenvalue weighted by molar-refractivity contribution is 0.101. The van der Waals surface area contributed by atoms with Crippen LogP contribution in [-0.2, 0) is 7.05 Å². The molecule has 0 saturated carbocycles. The van der Waals surface area contributed by atoms with E-state index < -0.39 is 11.7 Å². The molecule has 5 nitrogen and oxygen atoms in total. The van der Waals surface area contributed by atoms with Crippen LogP contribution in [0.25, 0.3) is 0 Å². The van der Waals surface area contributed by atoms with E-state index in [2.05, 4.69) is 5.32 Å². The fourth-order valence-electron chi connectivity index (χ4n) is 2.16. The van der Waals surface area contributed by atoms with Crippen molar-refractivity contribution in [2.24, 2.45) is 7.05 Å². The summed E-state index contributed by atoms with van der Waals surface area (Å²) in [6.45, 7) is 3.18. The average molecular weight is 299 g/mol. The molecule has 0 aliphatic heterocycles. The summed E-state index contributed by atoms with van der Waals surface area (Å²) in [5.74, 6) is -1.21. The fourth-order valence-corrected chi connectivity index (χ4v) is 2.16. The number of nitrogens with zero attached hydrogens (tertiary/aromatic N) is 2. The van der Waals surface area contributed by atoms with Gasteiger partial charge < -0.3 is 9.88 Å². The largest absolute Gasteiger partial charge is 0.343 e. The standard InChI is InChI=1S/C16H14FN3O2/c1-9-13(10(2)21)7-15(20(9)3)16(22)19-12-4-5-14(17)11(6-12)8-18/h4-7H,1-3H3,(H,19,22). The van der Waals surface area contributed by atoms with E-state index >= 15 is 0 Å². The van der Waals surface area contributed by atoms with Crippen molar-refractivity contribution in [3.8, 4) is 6.07 Å². The number of halogens is 1. The van der Waals surface area contributed by atoms with E-state index in [1.165, 1.54) is 25.1 Å². The van der Waals surface area contributed by atoms with Crippen LogP contribution in [0.5, 0.6) is 0 Å². The second kappa shape index (κ2) is 5.82. The van der Waals surface area contributed by atoms with E-state index in [1.54, 1.807) is 24.6 Å². The van der Waals surface area contributed by atoms with Crippen LogP contribution < -0.4 is 5.32 Å². The number of aromatic nitrogens is 1. The van der Waals surface area contributed by atoms with Gasteiger partial charge in [0.2, 0.25) is 0 Å². The van der Waals surface area contributed by atoms with E-state index in [1.807, 2.05) is 0 Å². The summed E-state index contributed by atoms with van der Waals surface area (Å²) >= 11 is 0. The molecule has 6 heteroatoms. The first-order valence-corrected chi connectivity index (χ1v) is 6.53. The molecule has 1 aromatic heterocycles. The van der Waals surface area contributed by atoms with Crippen molar-refractivity contribution < 1.29 is 14.0 Å².